The predicted molar refractivity (Wildman–Crippen MR) is 108 cm³/mol. The minimum atomic E-state index is -5.08. The van der Waals surface area contributed by atoms with Crippen molar-refractivity contribution in [2.75, 3.05) is 12.1 Å². The van der Waals surface area contributed by atoms with Crippen LogP contribution in [0.1, 0.15) is 5.56 Å². The molecule has 0 spiro atoms. The number of primary sulfonamides is 1. The molecule has 1 amide bonds. The molecule has 0 fully saturated rings. The number of rotatable bonds is 5. The molecule has 1 heterocycles. The van der Waals surface area contributed by atoms with Crippen molar-refractivity contribution in [3.63, 3.8) is 0 Å². The number of hydrogen-bond donors (Lipinski definition) is 2. The number of hydrogen-bond acceptors (Lipinski definition) is 8. The molecule has 3 N–H and O–H groups in total. The summed E-state index contributed by atoms with van der Waals surface area (Å²) in [6.45, 7) is 0. The van der Waals surface area contributed by atoms with E-state index in [2.05, 4.69) is 5.10 Å². The van der Waals surface area contributed by atoms with Crippen molar-refractivity contribution in [3.8, 4) is 11.5 Å². The van der Waals surface area contributed by atoms with E-state index in [-0.39, 0.29) is 16.1 Å². The number of hydrazone groups is 1. The Balaban J connectivity index is 2.12. The molecule has 33 heavy (non-hydrogen) atoms. The van der Waals surface area contributed by atoms with Gasteiger partial charge in [0.25, 0.3) is 5.91 Å². The number of nitrogens with zero attached hydrogens (tertiary/aromatic N) is 3. The lowest BCUT2D eigenvalue weighted by molar-refractivity contribution is -0.386. The van der Waals surface area contributed by atoms with E-state index in [0.717, 1.165) is 43.5 Å². The number of halogens is 3. The number of nitrogens with two attached hydrogens (primary N) is 1. The summed E-state index contributed by atoms with van der Waals surface area (Å²) in [4.78, 5) is 22.6. The number of ether oxygens (including phenoxy) is 1. The van der Waals surface area contributed by atoms with E-state index in [1.807, 2.05) is 0 Å². The van der Waals surface area contributed by atoms with Gasteiger partial charge in [0.05, 0.1) is 28.2 Å². The first-order valence-corrected chi connectivity index (χ1v) is 10.2. The van der Waals surface area contributed by atoms with Crippen molar-refractivity contribution in [1.82, 2.24) is 0 Å². The summed E-state index contributed by atoms with van der Waals surface area (Å²) in [5.41, 5.74) is -3.82. The van der Waals surface area contributed by atoms with Gasteiger partial charge in [-0.1, -0.05) is 0 Å². The minimum Gasteiger partial charge on any atom is -0.500 e. The quantitative estimate of drug-likeness (QED) is 0.372. The van der Waals surface area contributed by atoms with Crippen molar-refractivity contribution in [2.24, 2.45) is 10.2 Å². The highest BCUT2D eigenvalue weighted by Gasteiger charge is 2.47. The highest BCUT2D eigenvalue weighted by Crippen LogP contribution is 2.39. The van der Waals surface area contributed by atoms with Crippen LogP contribution >= 0.6 is 0 Å². The zero-order chi connectivity index (χ0) is 24.7. The molecule has 0 saturated heterocycles. The molecule has 2 aromatic carbocycles. The van der Waals surface area contributed by atoms with Crippen LogP contribution in [0, 0.1) is 10.1 Å². The molecule has 11 nitrogen and oxygen atoms in total. The van der Waals surface area contributed by atoms with Crippen LogP contribution in [0.25, 0.3) is 6.08 Å². The number of benzene rings is 2. The second-order valence-corrected chi connectivity index (χ2v) is 8.07. The fourth-order valence-electron chi connectivity index (χ4n) is 2.86. The van der Waals surface area contributed by atoms with Crippen molar-refractivity contribution in [3.05, 3.63) is 57.6 Å². The number of phenolic OH excluding ortho intramolecular Hbond substituents is 1. The summed E-state index contributed by atoms with van der Waals surface area (Å²) < 4.78 is 68.3. The number of aromatic hydroxyl groups is 1. The Morgan fingerprint density at radius 2 is 1.85 bits per heavy atom. The van der Waals surface area contributed by atoms with Crippen molar-refractivity contribution >= 4 is 39.1 Å². The van der Waals surface area contributed by atoms with Gasteiger partial charge >= 0.3 is 11.9 Å². The number of amides is 1. The molecule has 0 atom stereocenters. The summed E-state index contributed by atoms with van der Waals surface area (Å²) in [7, 11) is -3.01. The van der Waals surface area contributed by atoms with E-state index in [4.69, 9.17) is 9.88 Å². The number of methoxy groups -OCH3 is 1. The molecule has 15 heteroatoms. The maximum atomic E-state index is 13.6. The van der Waals surface area contributed by atoms with Gasteiger partial charge in [0.1, 0.15) is 0 Å². The zero-order valence-corrected chi connectivity index (χ0v) is 17.2. The maximum absolute atomic E-state index is 13.6. The average Bonchev–Trinajstić information content (AvgIpc) is 3.05. The first kappa shape index (κ1) is 23.7. The third kappa shape index (κ3) is 4.63. The summed E-state index contributed by atoms with van der Waals surface area (Å²) in [5, 5.41) is 29.7. The molecule has 1 aliphatic heterocycles. The maximum Gasteiger partial charge on any atom is 0.435 e. The second kappa shape index (κ2) is 8.18. The lowest BCUT2D eigenvalue weighted by atomic mass is 10.0. The molecule has 0 radical (unpaired) electrons. The summed E-state index contributed by atoms with van der Waals surface area (Å²) in [5.74, 6) is -2.48. The molecule has 174 valence electrons. The smallest absolute Gasteiger partial charge is 0.435 e. The average molecular weight is 486 g/mol. The number of nitro groups is 1. The lowest BCUT2D eigenvalue weighted by Gasteiger charge is -2.12. The molecule has 0 bridgehead atoms. The Labute approximate surface area is 183 Å². The molecule has 1 aliphatic rings. The van der Waals surface area contributed by atoms with Crippen LogP contribution < -0.4 is 14.9 Å². The van der Waals surface area contributed by atoms with Gasteiger partial charge in [-0.15, -0.1) is 0 Å². The number of carbonyl (C=O) groups is 1. The Morgan fingerprint density at radius 1 is 1.24 bits per heavy atom. The first-order valence-electron chi connectivity index (χ1n) is 8.64. The number of nitro benzene ring substituents is 1. The Kier molecular flexibility index (Phi) is 5.87. The summed E-state index contributed by atoms with van der Waals surface area (Å²) >= 11 is 0. The van der Waals surface area contributed by atoms with E-state index >= 15 is 0 Å². The fourth-order valence-corrected chi connectivity index (χ4v) is 3.38. The molecule has 0 aromatic heterocycles. The highest BCUT2D eigenvalue weighted by atomic mass is 32.2. The third-order valence-corrected chi connectivity index (χ3v) is 5.29. The fraction of sp³-hybridized carbons (Fsp3) is 0.111. The second-order valence-electron chi connectivity index (χ2n) is 6.51. The van der Waals surface area contributed by atoms with Gasteiger partial charge in [-0.25, -0.2) is 13.6 Å². The Hall–Kier alpha value is -3.98. The summed E-state index contributed by atoms with van der Waals surface area (Å²) in [6, 6.07) is 5.79. The molecule has 3 rings (SSSR count). The molecule has 0 unspecified atom stereocenters. The van der Waals surface area contributed by atoms with E-state index in [9.17, 15) is 41.6 Å². The van der Waals surface area contributed by atoms with Crippen LogP contribution in [0.3, 0.4) is 0 Å². The van der Waals surface area contributed by atoms with Crippen LogP contribution in [-0.2, 0) is 14.8 Å². The molecule has 0 aliphatic carbocycles. The topological polar surface area (TPSA) is 165 Å². The van der Waals surface area contributed by atoms with Crippen LogP contribution in [0.2, 0.25) is 0 Å². The number of sulfonamides is 1. The molecular weight excluding hydrogens is 473 g/mol. The molecule has 0 saturated carbocycles. The van der Waals surface area contributed by atoms with E-state index in [1.165, 1.54) is 0 Å². The monoisotopic (exact) mass is 486 g/mol. The van der Waals surface area contributed by atoms with Gasteiger partial charge < -0.3 is 9.84 Å². The van der Waals surface area contributed by atoms with Crippen molar-refractivity contribution in [2.45, 2.75) is 11.1 Å². The predicted octanol–water partition coefficient (Wildman–Crippen LogP) is 2.30. The Morgan fingerprint density at radius 3 is 2.33 bits per heavy atom. The van der Waals surface area contributed by atoms with Crippen LogP contribution in [-0.4, -0.2) is 43.4 Å². The largest absolute Gasteiger partial charge is 0.500 e. The normalized spacial score (nSPS) is 15.7. The molecular formula is C18H13F3N4O7S. The van der Waals surface area contributed by atoms with Crippen molar-refractivity contribution < 1.29 is 41.2 Å². The molecule has 2 aromatic rings. The first-order chi connectivity index (χ1) is 15.2. The van der Waals surface area contributed by atoms with Gasteiger partial charge in [-0.05, 0) is 42.0 Å². The van der Waals surface area contributed by atoms with Crippen molar-refractivity contribution in [1.29, 1.82) is 0 Å². The Bertz CT molecular complexity index is 1320. The van der Waals surface area contributed by atoms with Gasteiger partial charge in [-0.3, -0.25) is 14.9 Å². The third-order valence-electron chi connectivity index (χ3n) is 4.36. The van der Waals surface area contributed by atoms with E-state index in [0.29, 0.717) is 11.1 Å². The number of carbonyl (C=O) groups excluding carboxylic acids is 1. The van der Waals surface area contributed by atoms with E-state index in [1.54, 1.807) is 0 Å². The SMILES string of the molecule is COc1cc(C=C2C(=O)N(c3ccc(S(N)(=O)=O)cc3)N=C2C(F)(F)F)cc([N+](=O)[O-])c1O. The van der Waals surface area contributed by atoms with Gasteiger partial charge in [0.2, 0.25) is 15.8 Å². The lowest BCUT2D eigenvalue weighted by Crippen LogP contribution is -2.25. The zero-order valence-electron chi connectivity index (χ0n) is 16.4. The van der Waals surface area contributed by atoms with Gasteiger partial charge in [0.15, 0.2) is 11.5 Å². The van der Waals surface area contributed by atoms with Crippen LogP contribution in [0.15, 0.2) is 52.0 Å². The summed E-state index contributed by atoms with van der Waals surface area (Å²) in [6.07, 6.45) is -4.37. The number of alkyl halides is 3. The minimum absolute atomic E-state index is 0.188. The van der Waals surface area contributed by atoms with Crippen LogP contribution in [0.4, 0.5) is 24.5 Å². The van der Waals surface area contributed by atoms with Gasteiger partial charge in [0, 0.05) is 6.07 Å². The van der Waals surface area contributed by atoms with Crippen LogP contribution in [0.5, 0.6) is 11.5 Å². The van der Waals surface area contributed by atoms with E-state index < -0.39 is 55.5 Å². The number of phenols is 1. The highest BCUT2D eigenvalue weighted by molar-refractivity contribution is 7.89. The van der Waals surface area contributed by atoms with Gasteiger partial charge in [-0.2, -0.15) is 23.3 Å². The number of anilines is 1. The standard InChI is InChI=1S/C18H13F3N4O7S/c1-32-14-8-9(7-13(15(14)26)25(28)29)6-12-16(18(19,20)21)23-24(17(12)27)10-2-4-11(5-3-10)33(22,30)31/h2-8,26H,1H3,(H2,22,30,31).